The molecule has 0 bridgehead atoms. The number of phenols is 2. The first kappa shape index (κ1) is 14.3. The van der Waals surface area contributed by atoms with Gasteiger partial charge < -0.3 is 20.4 Å². The molecule has 6 atom stereocenters. The smallest absolute Gasteiger partial charge is 0.157 e. The van der Waals surface area contributed by atoms with E-state index in [-0.39, 0.29) is 16.9 Å². The second-order valence-corrected chi connectivity index (χ2v) is 7.75. The fourth-order valence-corrected chi connectivity index (χ4v) is 5.58. The minimum atomic E-state index is -0.618. The van der Waals surface area contributed by atoms with Crippen molar-refractivity contribution in [2.75, 3.05) is 0 Å². The SMILES string of the molecule is C[C@]12CC[C@@H]3c4cc(O)c(O)cc4CC[C@H]3[C@@H]1CC(O)[C@@H]2O. The topological polar surface area (TPSA) is 80.9 Å². The zero-order chi connectivity index (χ0) is 15.6. The van der Waals surface area contributed by atoms with Gasteiger partial charge >= 0.3 is 0 Å². The van der Waals surface area contributed by atoms with E-state index < -0.39 is 12.2 Å². The van der Waals surface area contributed by atoms with Crippen LogP contribution < -0.4 is 0 Å². The summed E-state index contributed by atoms with van der Waals surface area (Å²) in [7, 11) is 0. The molecule has 2 saturated carbocycles. The largest absolute Gasteiger partial charge is 0.504 e. The Labute approximate surface area is 130 Å². The van der Waals surface area contributed by atoms with Crippen LogP contribution in [0.4, 0.5) is 0 Å². The summed E-state index contributed by atoms with van der Waals surface area (Å²) in [4.78, 5) is 0. The zero-order valence-electron chi connectivity index (χ0n) is 12.9. The van der Waals surface area contributed by atoms with E-state index in [4.69, 9.17) is 0 Å². The molecule has 0 amide bonds. The van der Waals surface area contributed by atoms with Crippen LogP contribution in [0.5, 0.6) is 11.5 Å². The Kier molecular flexibility index (Phi) is 3.01. The first-order chi connectivity index (χ1) is 10.4. The minimum Gasteiger partial charge on any atom is -0.504 e. The van der Waals surface area contributed by atoms with E-state index in [1.54, 1.807) is 12.1 Å². The third-order valence-corrected chi connectivity index (χ3v) is 6.79. The molecule has 4 rings (SSSR count). The molecule has 1 aromatic rings. The molecule has 0 aliphatic heterocycles. The van der Waals surface area contributed by atoms with Gasteiger partial charge in [0.25, 0.3) is 0 Å². The molecule has 0 aromatic heterocycles. The van der Waals surface area contributed by atoms with Crippen molar-refractivity contribution in [1.82, 2.24) is 0 Å². The lowest BCUT2D eigenvalue weighted by molar-refractivity contribution is -0.0505. The van der Waals surface area contributed by atoms with Gasteiger partial charge in [-0.3, -0.25) is 0 Å². The van der Waals surface area contributed by atoms with Gasteiger partial charge in [0.1, 0.15) is 0 Å². The molecule has 4 heteroatoms. The Bertz CT molecular complexity index is 613. The van der Waals surface area contributed by atoms with E-state index in [1.807, 2.05) is 0 Å². The lowest BCUT2D eigenvalue weighted by Gasteiger charge is -2.49. The predicted molar refractivity (Wildman–Crippen MR) is 81.8 cm³/mol. The molecule has 4 nitrogen and oxygen atoms in total. The van der Waals surface area contributed by atoms with E-state index >= 15 is 0 Å². The van der Waals surface area contributed by atoms with E-state index in [1.165, 1.54) is 0 Å². The highest BCUT2D eigenvalue weighted by atomic mass is 16.3. The number of rotatable bonds is 0. The molecule has 0 heterocycles. The van der Waals surface area contributed by atoms with Crippen LogP contribution in [-0.2, 0) is 6.42 Å². The Morgan fingerprint density at radius 1 is 1.09 bits per heavy atom. The number of aromatic hydroxyl groups is 2. The Morgan fingerprint density at radius 3 is 2.59 bits per heavy atom. The van der Waals surface area contributed by atoms with Crippen molar-refractivity contribution in [2.45, 2.75) is 57.2 Å². The molecule has 120 valence electrons. The van der Waals surface area contributed by atoms with Crippen LogP contribution in [0, 0.1) is 17.3 Å². The molecule has 0 spiro atoms. The number of hydrogen-bond donors (Lipinski definition) is 4. The summed E-state index contributed by atoms with van der Waals surface area (Å²) in [5.74, 6) is 1.07. The van der Waals surface area contributed by atoms with Gasteiger partial charge in [-0.2, -0.15) is 0 Å². The summed E-state index contributed by atoms with van der Waals surface area (Å²) in [6, 6.07) is 3.43. The van der Waals surface area contributed by atoms with Gasteiger partial charge in [0.15, 0.2) is 11.5 Å². The number of phenolic OH excluding ortho intramolecular Hbond substituents is 2. The van der Waals surface area contributed by atoms with E-state index in [0.29, 0.717) is 24.2 Å². The number of aliphatic hydroxyl groups excluding tert-OH is 2. The van der Waals surface area contributed by atoms with Gasteiger partial charge in [-0.15, -0.1) is 0 Å². The fourth-order valence-electron chi connectivity index (χ4n) is 5.58. The highest BCUT2D eigenvalue weighted by Crippen LogP contribution is 2.61. The van der Waals surface area contributed by atoms with Crippen LogP contribution in [0.15, 0.2) is 12.1 Å². The van der Waals surface area contributed by atoms with Crippen LogP contribution in [-0.4, -0.2) is 32.6 Å². The second-order valence-electron chi connectivity index (χ2n) is 7.75. The summed E-state index contributed by atoms with van der Waals surface area (Å²) < 4.78 is 0. The average Bonchev–Trinajstić information content (AvgIpc) is 2.72. The fraction of sp³-hybridized carbons (Fsp3) is 0.667. The monoisotopic (exact) mass is 304 g/mol. The maximum Gasteiger partial charge on any atom is 0.157 e. The number of hydrogen-bond acceptors (Lipinski definition) is 4. The summed E-state index contributed by atoms with van der Waals surface area (Å²) in [5.41, 5.74) is 2.11. The summed E-state index contributed by atoms with van der Waals surface area (Å²) in [6.07, 6.45) is 3.25. The molecule has 0 radical (unpaired) electrons. The highest BCUT2D eigenvalue weighted by molar-refractivity contribution is 5.48. The number of fused-ring (bicyclic) bond motifs is 5. The van der Waals surface area contributed by atoms with Crippen LogP contribution >= 0.6 is 0 Å². The van der Waals surface area contributed by atoms with Gasteiger partial charge in [0, 0.05) is 0 Å². The molecule has 1 aromatic carbocycles. The highest BCUT2D eigenvalue weighted by Gasteiger charge is 2.57. The number of aliphatic hydroxyl groups is 2. The number of benzene rings is 1. The van der Waals surface area contributed by atoms with Crippen molar-refractivity contribution in [1.29, 1.82) is 0 Å². The number of aryl methyl sites for hydroxylation is 1. The normalized spacial score (nSPS) is 43.3. The molecule has 4 N–H and O–H groups in total. The van der Waals surface area contributed by atoms with E-state index in [0.717, 1.165) is 36.8 Å². The van der Waals surface area contributed by atoms with Crippen molar-refractivity contribution in [3.05, 3.63) is 23.3 Å². The summed E-state index contributed by atoms with van der Waals surface area (Å²) >= 11 is 0. The van der Waals surface area contributed by atoms with Gasteiger partial charge in [0.2, 0.25) is 0 Å². The van der Waals surface area contributed by atoms with Crippen LogP contribution in [0.2, 0.25) is 0 Å². The molecule has 3 aliphatic carbocycles. The minimum absolute atomic E-state index is 0.0374. The lowest BCUT2D eigenvalue weighted by Crippen LogP contribution is -2.44. The van der Waals surface area contributed by atoms with Crippen LogP contribution in [0.3, 0.4) is 0 Å². The molecular weight excluding hydrogens is 280 g/mol. The molecule has 22 heavy (non-hydrogen) atoms. The van der Waals surface area contributed by atoms with Gasteiger partial charge in [-0.1, -0.05) is 6.92 Å². The van der Waals surface area contributed by atoms with Crippen LogP contribution in [0.1, 0.15) is 49.7 Å². The van der Waals surface area contributed by atoms with Gasteiger partial charge in [-0.05, 0) is 78.5 Å². The molecule has 1 unspecified atom stereocenters. The quantitative estimate of drug-likeness (QED) is 0.554. The Hall–Kier alpha value is -1.26. The molecule has 0 saturated heterocycles. The first-order valence-electron chi connectivity index (χ1n) is 8.32. The van der Waals surface area contributed by atoms with Crippen molar-refractivity contribution in [3.8, 4) is 11.5 Å². The third kappa shape index (κ3) is 1.77. The molecule has 3 aliphatic rings. The summed E-state index contributed by atoms with van der Waals surface area (Å²) in [6.45, 7) is 2.12. The summed E-state index contributed by atoms with van der Waals surface area (Å²) in [5, 5.41) is 40.1. The predicted octanol–water partition coefficient (Wildman–Crippen LogP) is 2.29. The van der Waals surface area contributed by atoms with E-state index in [9.17, 15) is 20.4 Å². The van der Waals surface area contributed by atoms with Gasteiger partial charge in [-0.25, -0.2) is 0 Å². The maximum absolute atomic E-state index is 10.4. The zero-order valence-corrected chi connectivity index (χ0v) is 12.9. The van der Waals surface area contributed by atoms with Crippen molar-refractivity contribution in [2.24, 2.45) is 17.3 Å². The molecule has 2 fully saturated rings. The Morgan fingerprint density at radius 2 is 1.82 bits per heavy atom. The van der Waals surface area contributed by atoms with Crippen molar-refractivity contribution in [3.63, 3.8) is 0 Å². The van der Waals surface area contributed by atoms with Gasteiger partial charge in [0.05, 0.1) is 12.2 Å². The maximum atomic E-state index is 10.4. The second kappa shape index (κ2) is 4.62. The van der Waals surface area contributed by atoms with Crippen molar-refractivity contribution >= 4 is 0 Å². The lowest BCUT2D eigenvalue weighted by atomic mass is 9.55. The standard InChI is InChI=1S/C18H24O4/c1-18-5-4-10-11(13(18)8-16(21)17(18)22)3-2-9-6-14(19)15(20)7-12(9)10/h6-7,10-11,13,16-17,19-22H,2-5,8H2,1H3/t10-,11+,13-,16?,17-,18-/m0/s1. The van der Waals surface area contributed by atoms with E-state index in [2.05, 4.69) is 6.92 Å². The average molecular weight is 304 g/mol. The first-order valence-corrected chi connectivity index (χ1v) is 8.32. The third-order valence-electron chi connectivity index (χ3n) is 6.79. The Balaban J connectivity index is 1.73. The van der Waals surface area contributed by atoms with Crippen molar-refractivity contribution < 1.29 is 20.4 Å². The molecular formula is C18H24O4. The van der Waals surface area contributed by atoms with Crippen LogP contribution in [0.25, 0.3) is 0 Å².